The fraction of sp³-hybridized carbons (Fsp3) is 0.105. The van der Waals surface area contributed by atoms with Crippen LogP contribution in [0.2, 0.25) is 5.02 Å². The number of hydrogen-bond acceptors (Lipinski definition) is 4. The van der Waals surface area contributed by atoms with E-state index in [0.29, 0.717) is 0 Å². The van der Waals surface area contributed by atoms with Gasteiger partial charge in [-0.2, -0.15) is 13.2 Å². The maximum absolute atomic E-state index is 14.1. The first-order chi connectivity index (χ1) is 14.7. The molecule has 0 unspecified atom stereocenters. The van der Waals surface area contributed by atoms with Gasteiger partial charge < -0.3 is 20.1 Å². The topological polar surface area (TPSA) is 104 Å². The summed E-state index contributed by atoms with van der Waals surface area (Å²) in [4.78, 5) is 29.7. The second-order valence-electron chi connectivity index (χ2n) is 6.12. The van der Waals surface area contributed by atoms with E-state index in [2.05, 4.69) is 20.0 Å². The lowest BCUT2D eigenvalue weighted by Gasteiger charge is -2.09. The third-order valence-electron chi connectivity index (χ3n) is 4.02. The number of nitrogens with zero attached hydrogens (tertiary/aromatic N) is 1. The fourth-order valence-corrected chi connectivity index (χ4v) is 2.88. The number of rotatable bonds is 7. The van der Waals surface area contributed by atoms with Gasteiger partial charge in [-0.15, -0.1) is 0 Å². The molecule has 0 saturated heterocycles. The summed E-state index contributed by atoms with van der Waals surface area (Å²) in [5.74, 6) is -5.93. The van der Waals surface area contributed by atoms with Crippen molar-refractivity contribution >= 4 is 29.2 Å². The maximum Gasteiger partial charge on any atom is 0.387 e. The molecule has 3 N–H and O–H groups in total. The molecule has 0 radical (unpaired) electrons. The number of aromatic nitrogens is 2. The van der Waals surface area contributed by atoms with Gasteiger partial charge in [0.05, 0.1) is 10.6 Å². The third-order valence-corrected chi connectivity index (χ3v) is 4.34. The molecule has 162 valence electrons. The van der Waals surface area contributed by atoms with Crippen LogP contribution >= 0.6 is 11.6 Å². The predicted octanol–water partition coefficient (Wildman–Crippen LogP) is 4.48. The number of aromatic carboxylic acids is 1. The zero-order valence-corrected chi connectivity index (χ0v) is 16.0. The van der Waals surface area contributed by atoms with Gasteiger partial charge in [-0.05, 0) is 29.8 Å². The normalized spacial score (nSPS) is 10.9. The summed E-state index contributed by atoms with van der Waals surface area (Å²) >= 11 is 5.84. The average molecular weight is 458 g/mol. The van der Waals surface area contributed by atoms with Crippen LogP contribution in [0.3, 0.4) is 0 Å². The number of alkyl halides is 2. The van der Waals surface area contributed by atoms with E-state index >= 15 is 0 Å². The van der Waals surface area contributed by atoms with Gasteiger partial charge in [0.25, 0.3) is 5.91 Å². The highest BCUT2D eigenvalue weighted by molar-refractivity contribution is 6.33. The largest absolute Gasteiger partial charge is 0.478 e. The van der Waals surface area contributed by atoms with Crippen LogP contribution in [-0.4, -0.2) is 33.6 Å². The number of ether oxygens (including phenoxy) is 1. The molecule has 0 aliphatic heterocycles. The van der Waals surface area contributed by atoms with Crippen molar-refractivity contribution < 1.29 is 37.0 Å². The highest BCUT2D eigenvalue weighted by Gasteiger charge is 2.19. The Hall–Kier alpha value is -3.60. The molecule has 0 bridgehead atoms. The smallest absolute Gasteiger partial charge is 0.387 e. The van der Waals surface area contributed by atoms with Gasteiger partial charge in [0.1, 0.15) is 0 Å². The lowest BCUT2D eigenvalue weighted by atomic mass is 10.1. The van der Waals surface area contributed by atoms with E-state index in [0.717, 1.165) is 12.1 Å². The SMILES string of the molecule is O=C(Nc1ccc(C(=O)O)c(Cl)c1)c1ncc(Cc2ccc(OC(F)F)c(F)c2F)[nH]1. The Morgan fingerprint density at radius 3 is 2.58 bits per heavy atom. The van der Waals surface area contributed by atoms with Crippen molar-refractivity contribution in [2.75, 3.05) is 5.32 Å². The van der Waals surface area contributed by atoms with Crippen molar-refractivity contribution in [3.8, 4) is 5.75 Å². The Morgan fingerprint density at radius 1 is 1.19 bits per heavy atom. The van der Waals surface area contributed by atoms with Crippen molar-refractivity contribution in [2.24, 2.45) is 0 Å². The van der Waals surface area contributed by atoms with Crippen LogP contribution < -0.4 is 10.1 Å². The van der Waals surface area contributed by atoms with E-state index < -0.39 is 35.9 Å². The number of benzene rings is 2. The molecule has 0 fully saturated rings. The molecule has 31 heavy (non-hydrogen) atoms. The van der Waals surface area contributed by atoms with E-state index in [9.17, 15) is 27.2 Å². The summed E-state index contributed by atoms with van der Waals surface area (Å²) in [5.41, 5.74) is 0.135. The number of carbonyl (C=O) groups excluding carboxylic acids is 1. The number of hydrogen-bond donors (Lipinski definition) is 3. The first kappa shape index (κ1) is 22.1. The molecular weight excluding hydrogens is 446 g/mol. The Kier molecular flexibility index (Phi) is 6.44. The zero-order valence-electron chi connectivity index (χ0n) is 15.3. The molecule has 3 aromatic rings. The minimum absolute atomic E-state index is 0.0813. The summed E-state index contributed by atoms with van der Waals surface area (Å²) in [6.07, 6.45) is 1.01. The van der Waals surface area contributed by atoms with Crippen LogP contribution in [0.1, 0.15) is 32.2 Å². The van der Waals surface area contributed by atoms with Gasteiger partial charge in [-0.25, -0.2) is 14.2 Å². The number of H-pyrrole nitrogens is 1. The molecule has 3 rings (SSSR count). The molecule has 0 saturated carbocycles. The Bertz CT molecular complexity index is 1150. The van der Waals surface area contributed by atoms with Crippen LogP contribution in [0, 0.1) is 11.6 Å². The number of carbonyl (C=O) groups is 2. The molecule has 0 spiro atoms. The summed E-state index contributed by atoms with van der Waals surface area (Å²) in [6.45, 7) is -3.30. The molecule has 12 heteroatoms. The van der Waals surface area contributed by atoms with E-state index in [1.807, 2.05) is 0 Å². The van der Waals surface area contributed by atoms with E-state index in [-0.39, 0.29) is 39.8 Å². The first-order valence-corrected chi connectivity index (χ1v) is 8.83. The van der Waals surface area contributed by atoms with Crippen molar-refractivity contribution in [1.82, 2.24) is 9.97 Å². The number of imidazole rings is 1. The minimum Gasteiger partial charge on any atom is -0.478 e. The van der Waals surface area contributed by atoms with Crippen molar-refractivity contribution in [3.63, 3.8) is 0 Å². The van der Waals surface area contributed by atoms with Gasteiger partial charge in [0.2, 0.25) is 5.82 Å². The van der Waals surface area contributed by atoms with Gasteiger partial charge >= 0.3 is 12.6 Å². The highest BCUT2D eigenvalue weighted by Crippen LogP contribution is 2.26. The number of halogens is 5. The molecular formula is C19H12ClF4N3O4. The van der Waals surface area contributed by atoms with E-state index in [4.69, 9.17) is 16.7 Å². The predicted molar refractivity (Wildman–Crippen MR) is 101 cm³/mol. The number of carboxylic acid groups (broad SMARTS) is 1. The quantitative estimate of drug-likeness (QED) is 0.454. The summed E-state index contributed by atoms with van der Waals surface area (Å²) in [5, 5.41) is 11.3. The number of amides is 1. The van der Waals surface area contributed by atoms with Crippen LogP contribution in [0.5, 0.6) is 5.75 Å². The van der Waals surface area contributed by atoms with Gasteiger partial charge in [0.15, 0.2) is 17.4 Å². The molecule has 7 nitrogen and oxygen atoms in total. The summed E-state index contributed by atoms with van der Waals surface area (Å²) < 4.78 is 56.2. The van der Waals surface area contributed by atoms with Crippen molar-refractivity contribution in [2.45, 2.75) is 13.0 Å². The van der Waals surface area contributed by atoms with E-state index in [1.54, 1.807) is 0 Å². The molecule has 1 heterocycles. The number of nitrogens with one attached hydrogen (secondary N) is 2. The Morgan fingerprint density at radius 2 is 1.94 bits per heavy atom. The zero-order chi connectivity index (χ0) is 22.7. The van der Waals surface area contributed by atoms with Gasteiger partial charge in [-0.3, -0.25) is 4.79 Å². The summed E-state index contributed by atoms with van der Waals surface area (Å²) in [6, 6.07) is 5.73. The fourth-order valence-electron chi connectivity index (χ4n) is 2.62. The van der Waals surface area contributed by atoms with Gasteiger partial charge in [0, 0.05) is 24.0 Å². The van der Waals surface area contributed by atoms with Crippen LogP contribution in [-0.2, 0) is 6.42 Å². The number of carboxylic acids is 1. The molecule has 0 atom stereocenters. The van der Waals surface area contributed by atoms with Crippen LogP contribution in [0.25, 0.3) is 0 Å². The second kappa shape index (κ2) is 9.04. The maximum atomic E-state index is 14.1. The minimum atomic E-state index is -3.30. The number of anilines is 1. The Balaban J connectivity index is 1.72. The lowest BCUT2D eigenvalue weighted by Crippen LogP contribution is -2.14. The molecule has 1 aromatic heterocycles. The van der Waals surface area contributed by atoms with Crippen molar-refractivity contribution in [1.29, 1.82) is 0 Å². The third kappa shape index (κ3) is 5.12. The molecule has 0 aliphatic rings. The second-order valence-corrected chi connectivity index (χ2v) is 6.52. The average Bonchev–Trinajstić information content (AvgIpc) is 3.16. The monoisotopic (exact) mass is 457 g/mol. The van der Waals surface area contributed by atoms with Crippen LogP contribution in [0.4, 0.5) is 23.2 Å². The summed E-state index contributed by atoms with van der Waals surface area (Å²) in [7, 11) is 0. The van der Waals surface area contributed by atoms with Crippen LogP contribution in [0.15, 0.2) is 36.5 Å². The van der Waals surface area contributed by atoms with Gasteiger partial charge in [-0.1, -0.05) is 17.7 Å². The first-order valence-electron chi connectivity index (χ1n) is 8.45. The highest BCUT2D eigenvalue weighted by atomic mass is 35.5. The Labute approximate surface area is 176 Å². The number of aromatic amines is 1. The lowest BCUT2D eigenvalue weighted by molar-refractivity contribution is -0.0525. The van der Waals surface area contributed by atoms with E-state index in [1.165, 1.54) is 24.4 Å². The molecule has 2 aromatic carbocycles. The molecule has 0 aliphatic carbocycles. The standard InChI is InChI=1S/C19H12ClF4N3O4/c20-12-6-9(2-3-11(12)18(29)30)27-17(28)16-25-7-10(26-16)5-8-1-4-13(31-19(23)24)15(22)14(8)21/h1-4,6-7,19H,5H2,(H,25,26)(H,27,28)(H,29,30). The molecule has 1 amide bonds. The van der Waals surface area contributed by atoms with Crippen molar-refractivity contribution in [3.05, 3.63) is 75.8 Å².